The average molecular weight is 429 g/mol. The van der Waals surface area contributed by atoms with Crippen molar-refractivity contribution in [3.05, 3.63) is 51.7 Å². The number of hydrogen-bond donors (Lipinski definition) is 0. The molecule has 0 N–H and O–H groups in total. The monoisotopic (exact) mass is 428 g/mol. The molecule has 1 aliphatic heterocycles. The summed E-state index contributed by atoms with van der Waals surface area (Å²) in [5, 5.41) is 2.10. The molecular weight excluding hydrogens is 396 g/mol. The maximum Gasteiger partial charge on any atom is 0.242 e. The summed E-state index contributed by atoms with van der Waals surface area (Å²) in [6.07, 6.45) is 1.68. The van der Waals surface area contributed by atoms with Crippen LogP contribution in [0.2, 0.25) is 0 Å². The molecule has 0 spiro atoms. The molecule has 0 saturated heterocycles. The maximum atomic E-state index is 13.5. The molecule has 1 aromatic heterocycles. The van der Waals surface area contributed by atoms with Crippen LogP contribution in [0.4, 0.5) is 0 Å². The lowest BCUT2D eigenvalue weighted by molar-refractivity contribution is -0.146. The summed E-state index contributed by atoms with van der Waals surface area (Å²) >= 11 is 1.75. The van der Waals surface area contributed by atoms with Crippen molar-refractivity contribution in [3.8, 4) is 5.75 Å². The molecule has 6 heteroatoms. The fraction of sp³-hybridized carbons (Fsp3) is 0.500. The number of carbonyl (C=O) groups is 2. The summed E-state index contributed by atoms with van der Waals surface area (Å²) in [6.45, 7) is 9.12. The number of rotatable bonds is 6. The van der Waals surface area contributed by atoms with Gasteiger partial charge in [0.1, 0.15) is 5.75 Å². The molecule has 2 amide bonds. The Hall–Kier alpha value is -2.34. The third-order valence-corrected chi connectivity index (χ3v) is 6.46. The van der Waals surface area contributed by atoms with Gasteiger partial charge in [0.15, 0.2) is 0 Å². The molecule has 2 heterocycles. The lowest BCUT2D eigenvalue weighted by atomic mass is 9.92. The van der Waals surface area contributed by atoms with E-state index in [1.807, 2.05) is 56.9 Å². The van der Waals surface area contributed by atoms with Gasteiger partial charge >= 0.3 is 0 Å². The second kappa shape index (κ2) is 9.21. The highest BCUT2D eigenvalue weighted by atomic mass is 32.1. The molecule has 30 heavy (non-hydrogen) atoms. The van der Waals surface area contributed by atoms with Gasteiger partial charge in [-0.3, -0.25) is 9.59 Å². The van der Waals surface area contributed by atoms with Crippen molar-refractivity contribution < 1.29 is 14.3 Å². The minimum atomic E-state index is -0.507. The van der Waals surface area contributed by atoms with Crippen LogP contribution in [-0.4, -0.2) is 48.4 Å². The molecule has 1 aromatic carbocycles. The number of methoxy groups -OCH3 is 1. The Kier molecular flexibility index (Phi) is 6.86. The average Bonchev–Trinajstić information content (AvgIpc) is 3.20. The van der Waals surface area contributed by atoms with E-state index in [-0.39, 0.29) is 24.4 Å². The molecule has 0 radical (unpaired) electrons. The lowest BCUT2D eigenvalue weighted by Gasteiger charge is -2.38. The van der Waals surface area contributed by atoms with E-state index in [9.17, 15) is 9.59 Å². The van der Waals surface area contributed by atoms with Crippen LogP contribution in [0.15, 0.2) is 35.7 Å². The van der Waals surface area contributed by atoms with E-state index >= 15 is 0 Å². The number of thiophene rings is 1. The maximum absolute atomic E-state index is 13.5. The molecule has 0 fully saturated rings. The molecule has 0 bridgehead atoms. The number of fused-ring (bicyclic) bond motifs is 1. The van der Waals surface area contributed by atoms with E-state index < -0.39 is 5.41 Å². The van der Waals surface area contributed by atoms with Crippen LogP contribution in [0.3, 0.4) is 0 Å². The predicted octanol–water partition coefficient (Wildman–Crippen LogP) is 4.52. The van der Waals surface area contributed by atoms with Crippen molar-refractivity contribution in [2.45, 2.75) is 46.6 Å². The smallest absolute Gasteiger partial charge is 0.242 e. The first kappa shape index (κ1) is 22.3. The van der Waals surface area contributed by atoms with Crippen molar-refractivity contribution in [1.29, 1.82) is 0 Å². The van der Waals surface area contributed by atoms with Crippen LogP contribution in [0, 0.1) is 5.41 Å². The van der Waals surface area contributed by atoms with E-state index in [0.717, 1.165) is 24.2 Å². The number of hydrogen-bond acceptors (Lipinski definition) is 4. The SMILES string of the molecule is CCCN(CC(=O)N1CCc2sccc2C1c1ccc(OC)cc1)C(=O)C(C)(C)C. The van der Waals surface area contributed by atoms with Crippen molar-refractivity contribution >= 4 is 23.2 Å². The minimum absolute atomic E-state index is 0.00119. The molecular formula is C24H32N2O3S. The molecule has 1 aliphatic rings. The van der Waals surface area contributed by atoms with Gasteiger partial charge in [-0.05, 0) is 47.5 Å². The fourth-order valence-electron chi connectivity index (χ4n) is 3.98. The van der Waals surface area contributed by atoms with Gasteiger partial charge in [-0.2, -0.15) is 0 Å². The van der Waals surface area contributed by atoms with E-state index in [1.165, 1.54) is 10.4 Å². The molecule has 0 aliphatic carbocycles. The van der Waals surface area contributed by atoms with Gasteiger partial charge in [-0.25, -0.2) is 0 Å². The summed E-state index contributed by atoms with van der Waals surface area (Å²) in [7, 11) is 1.65. The highest BCUT2D eigenvalue weighted by molar-refractivity contribution is 7.10. The quantitative estimate of drug-likeness (QED) is 0.680. The van der Waals surface area contributed by atoms with Crippen molar-refractivity contribution in [2.24, 2.45) is 5.41 Å². The van der Waals surface area contributed by atoms with E-state index in [4.69, 9.17) is 4.74 Å². The Morgan fingerprint density at radius 2 is 1.90 bits per heavy atom. The first-order valence-electron chi connectivity index (χ1n) is 10.5. The third kappa shape index (κ3) is 4.69. The molecule has 3 rings (SSSR count). The summed E-state index contributed by atoms with van der Waals surface area (Å²) < 4.78 is 5.30. The Labute approximate surface area is 183 Å². The van der Waals surface area contributed by atoms with Crippen LogP contribution >= 0.6 is 11.3 Å². The van der Waals surface area contributed by atoms with Crippen molar-refractivity contribution in [3.63, 3.8) is 0 Å². The van der Waals surface area contributed by atoms with Crippen LogP contribution in [-0.2, 0) is 16.0 Å². The first-order valence-corrected chi connectivity index (χ1v) is 11.4. The number of benzene rings is 1. The zero-order chi connectivity index (χ0) is 21.9. The molecule has 162 valence electrons. The summed E-state index contributed by atoms with van der Waals surface area (Å²) in [6, 6.07) is 9.92. The molecule has 1 unspecified atom stereocenters. The van der Waals surface area contributed by atoms with Crippen LogP contribution in [0.1, 0.15) is 56.2 Å². The van der Waals surface area contributed by atoms with Gasteiger partial charge < -0.3 is 14.5 Å². The number of nitrogens with zero attached hydrogens (tertiary/aromatic N) is 2. The third-order valence-electron chi connectivity index (χ3n) is 5.47. The number of carbonyl (C=O) groups excluding carboxylic acids is 2. The van der Waals surface area contributed by atoms with Gasteiger partial charge in [0, 0.05) is 23.4 Å². The zero-order valence-electron chi connectivity index (χ0n) is 18.6. The number of ether oxygens (including phenoxy) is 1. The Morgan fingerprint density at radius 3 is 2.50 bits per heavy atom. The van der Waals surface area contributed by atoms with Crippen molar-refractivity contribution in [2.75, 3.05) is 26.7 Å². The summed E-state index contributed by atoms with van der Waals surface area (Å²) in [5.74, 6) is 0.813. The molecule has 1 atom stereocenters. The van der Waals surface area contributed by atoms with Gasteiger partial charge in [0.2, 0.25) is 11.8 Å². The van der Waals surface area contributed by atoms with Gasteiger partial charge in [0.25, 0.3) is 0 Å². The Bertz CT molecular complexity index is 883. The van der Waals surface area contributed by atoms with E-state index in [1.54, 1.807) is 23.3 Å². The largest absolute Gasteiger partial charge is 0.497 e. The molecule has 5 nitrogen and oxygen atoms in total. The van der Waals surface area contributed by atoms with E-state index in [2.05, 4.69) is 11.4 Å². The summed E-state index contributed by atoms with van der Waals surface area (Å²) in [5.41, 5.74) is 1.74. The molecule has 2 aromatic rings. The van der Waals surface area contributed by atoms with Gasteiger partial charge in [-0.15, -0.1) is 11.3 Å². The number of amides is 2. The Morgan fingerprint density at radius 1 is 1.20 bits per heavy atom. The van der Waals surface area contributed by atoms with Crippen LogP contribution < -0.4 is 4.74 Å². The topological polar surface area (TPSA) is 49.9 Å². The van der Waals surface area contributed by atoms with Crippen LogP contribution in [0.5, 0.6) is 5.75 Å². The van der Waals surface area contributed by atoms with Gasteiger partial charge in [0.05, 0.1) is 19.7 Å². The zero-order valence-corrected chi connectivity index (χ0v) is 19.4. The standard InChI is InChI=1S/C24H32N2O3S/c1-6-13-25(23(28)24(2,3)4)16-21(27)26-14-11-20-19(12-15-30-20)22(26)17-7-9-18(29-5)10-8-17/h7-10,12,15,22H,6,11,13-14,16H2,1-5H3. The second-order valence-electron chi connectivity index (χ2n) is 8.79. The van der Waals surface area contributed by atoms with Gasteiger partial charge in [-0.1, -0.05) is 39.8 Å². The first-order chi connectivity index (χ1) is 14.3. The predicted molar refractivity (Wildman–Crippen MR) is 121 cm³/mol. The highest BCUT2D eigenvalue weighted by Crippen LogP contribution is 2.38. The Balaban J connectivity index is 1.89. The normalized spacial score (nSPS) is 16.2. The highest BCUT2D eigenvalue weighted by Gasteiger charge is 2.35. The second-order valence-corrected chi connectivity index (χ2v) is 9.79. The van der Waals surface area contributed by atoms with Crippen molar-refractivity contribution in [1.82, 2.24) is 9.80 Å². The minimum Gasteiger partial charge on any atom is -0.497 e. The van der Waals surface area contributed by atoms with E-state index in [0.29, 0.717) is 13.1 Å². The summed E-state index contributed by atoms with van der Waals surface area (Å²) in [4.78, 5) is 31.3. The van der Waals surface area contributed by atoms with Crippen LogP contribution in [0.25, 0.3) is 0 Å². The fourth-order valence-corrected chi connectivity index (χ4v) is 4.89. The molecule has 0 saturated carbocycles. The lowest BCUT2D eigenvalue weighted by Crippen LogP contribution is -2.49.